The number of amides is 1. The van der Waals surface area contributed by atoms with E-state index in [1.54, 1.807) is 16.0 Å². The third-order valence-corrected chi connectivity index (χ3v) is 4.28. The Balaban J connectivity index is 1.50. The van der Waals surface area contributed by atoms with Crippen LogP contribution in [0, 0.1) is 0 Å². The number of aromatic nitrogens is 2. The van der Waals surface area contributed by atoms with Gasteiger partial charge in [0.2, 0.25) is 0 Å². The first kappa shape index (κ1) is 18.0. The molecule has 1 aromatic carbocycles. The first-order chi connectivity index (χ1) is 12.4. The molecule has 0 unspecified atom stereocenters. The number of carbonyl (C=O) groups is 1. The standard InChI is InChI=1S/C17H14F3N3O2S/c18-17(19,20)25-13-5-3-12(4-6-13)16(24)21-8-10-23-9-7-14(22-23)15-2-1-11-26-15/h1-7,9,11H,8,10H2,(H,21,24). The summed E-state index contributed by atoms with van der Waals surface area (Å²) in [5.74, 6) is -0.749. The molecule has 0 saturated carbocycles. The van der Waals surface area contributed by atoms with Gasteiger partial charge in [0.05, 0.1) is 11.4 Å². The summed E-state index contributed by atoms with van der Waals surface area (Å²) in [6.45, 7) is 0.817. The van der Waals surface area contributed by atoms with Crippen molar-refractivity contribution in [2.24, 2.45) is 0 Å². The Hall–Kier alpha value is -2.81. The Morgan fingerprint density at radius 1 is 1.19 bits per heavy atom. The number of hydrogen-bond acceptors (Lipinski definition) is 4. The van der Waals surface area contributed by atoms with Gasteiger partial charge in [-0.2, -0.15) is 5.10 Å². The van der Waals surface area contributed by atoms with Crippen LogP contribution >= 0.6 is 11.3 Å². The number of thiophene rings is 1. The summed E-state index contributed by atoms with van der Waals surface area (Å²) in [4.78, 5) is 13.1. The Morgan fingerprint density at radius 3 is 2.62 bits per heavy atom. The quantitative estimate of drug-likeness (QED) is 0.704. The minimum atomic E-state index is -4.75. The normalized spacial score (nSPS) is 11.3. The second-order valence-corrected chi connectivity index (χ2v) is 6.22. The molecule has 26 heavy (non-hydrogen) atoms. The van der Waals surface area contributed by atoms with Crippen molar-refractivity contribution in [2.75, 3.05) is 6.54 Å². The SMILES string of the molecule is O=C(NCCn1ccc(-c2cccs2)n1)c1ccc(OC(F)(F)F)cc1. The smallest absolute Gasteiger partial charge is 0.406 e. The summed E-state index contributed by atoms with van der Waals surface area (Å²) >= 11 is 1.59. The zero-order chi connectivity index (χ0) is 18.6. The van der Waals surface area contributed by atoms with Crippen LogP contribution in [0.3, 0.4) is 0 Å². The highest BCUT2D eigenvalue weighted by Gasteiger charge is 2.31. The molecular weight excluding hydrogens is 367 g/mol. The van der Waals surface area contributed by atoms with Crippen molar-refractivity contribution in [3.05, 3.63) is 59.6 Å². The fourth-order valence-corrected chi connectivity index (χ4v) is 2.93. The number of nitrogens with zero attached hydrogens (tertiary/aromatic N) is 2. The molecule has 0 fully saturated rings. The largest absolute Gasteiger partial charge is 0.573 e. The lowest BCUT2D eigenvalue weighted by molar-refractivity contribution is -0.274. The molecule has 1 N–H and O–H groups in total. The van der Waals surface area contributed by atoms with Crippen LogP contribution in [0.1, 0.15) is 10.4 Å². The van der Waals surface area contributed by atoms with E-state index < -0.39 is 6.36 Å². The molecule has 3 rings (SSSR count). The van der Waals surface area contributed by atoms with Crippen molar-refractivity contribution >= 4 is 17.2 Å². The first-order valence-corrected chi connectivity index (χ1v) is 8.50. The van der Waals surface area contributed by atoms with Crippen LogP contribution in [0.2, 0.25) is 0 Å². The van der Waals surface area contributed by atoms with Crippen LogP contribution in [0.5, 0.6) is 5.75 Å². The van der Waals surface area contributed by atoms with E-state index in [0.29, 0.717) is 13.1 Å². The van der Waals surface area contributed by atoms with E-state index in [9.17, 15) is 18.0 Å². The van der Waals surface area contributed by atoms with Gasteiger partial charge in [-0.05, 0) is 41.8 Å². The van der Waals surface area contributed by atoms with E-state index in [1.165, 1.54) is 12.1 Å². The number of nitrogens with one attached hydrogen (secondary N) is 1. The third kappa shape index (κ3) is 4.85. The molecule has 5 nitrogen and oxygen atoms in total. The number of hydrogen-bond donors (Lipinski definition) is 1. The molecule has 0 spiro atoms. The summed E-state index contributed by atoms with van der Waals surface area (Å²) in [6, 6.07) is 10.6. The highest BCUT2D eigenvalue weighted by Crippen LogP contribution is 2.23. The highest BCUT2D eigenvalue weighted by molar-refractivity contribution is 7.13. The third-order valence-electron chi connectivity index (χ3n) is 3.39. The molecule has 9 heteroatoms. The molecule has 0 atom stereocenters. The van der Waals surface area contributed by atoms with Crippen LogP contribution in [0.4, 0.5) is 13.2 Å². The lowest BCUT2D eigenvalue weighted by Gasteiger charge is -2.09. The van der Waals surface area contributed by atoms with Gasteiger partial charge in [-0.3, -0.25) is 9.48 Å². The van der Waals surface area contributed by atoms with Crippen molar-refractivity contribution in [2.45, 2.75) is 12.9 Å². The molecule has 0 radical (unpaired) electrons. The van der Waals surface area contributed by atoms with Crippen molar-refractivity contribution < 1.29 is 22.7 Å². The topological polar surface area (TPSA) is 56.2 Å². The maximum Gasteiger partial charge on any atom is 0.573 e. The predicted molar refractivity (Wildman–Crippen MR) is 91.0 cm³/mol. The Morgan fingerprint density at radius 2 is 1.96 bits per heavy atom. The summed E-state index contributed by atoms with van der Waals surface area (Å²) in [6.07, 6.45) is -2.93. The number of benzene rings is 1. The lowest BCUT2D eigenvalue weighted by atomic mass is 10.2. The zero-order valence-electron chi connectivity index (χ0n) is 13.4. The Bertz CT molecular complexity index is 858. The molecule has 0 aliphatic heterocycles. The van der Waals surface area contributed by atoms with E-state index in [-0.39, 0.29) is 17.2 Å². The summed E-state index contributed by atoms with van der Waals surface area (Å²) < 4.78 is 41.8. The number of alkyl halides is 3. The summed E-state index contributed by atoms with van der Waals surface area (Å²) in [5.41, 5.74) is 1.12. The molecule has 0 saturated heterocycles. The summed E-state index contributed by atoms with van der Waals surface area (Å²) in [7, 11) is 0. The number of rotatable bonds is 6. The predicted octanol–water partition coefficient (Wildman–Crippen LogP) is 3.94. The lowest BCUT2D eigenvalue weighted by Crippen LogP contribution is -2.27. The van der Waals surface area contributed by atoms with Crippen molar-refractivity contribution in [3.8, 4) is 16.3 Å². The molecule has 1 amide bonds. The van der Waals surface area contributed by atoms with Gasteiger partial charge >= 0.3 is 6.36 Å². The van der Waals surface area contributed by atoms with Gasteiger partial charge in [0.1, 0.15) is 11.4 Å². The van der Waals surface area contributed by atoms with Gasteiger partial charge in [0.15, 0.2) is 0 Å². The molecule has 136 valence electrons. The second-order valence-electron chi connectivity index (χ2n) is 5.27. The van der Waals surface area contributed by atoms with Crippen molar-refractivity contribution in [3.63, 3.8) is 0 Å². The van der Waals surface area contributed by atoms with E-state index in [4.69, 9.17) is 0 Å². The van der Waals surface area contributed by atoms with Crippen LogP contribution < -0.4 is 10.1 Å². The van der Waals surface area contributed by atoms with E-state index in [2.05, 4.69) is 15.2 Å². The Kier molecular flexibility index (Phi) is 5.27. The average Bonchev–Trinajstić information content (AvgIpc) is 3.25. The van der Waals surface area contributed by atoms with Crippen molar-refractivity contribution in [1.82, 2.24) is 15.1 Å². The minimum absolute atomic E-state index is 0.249. The molecular formula is C17H14F3N3O2S. The zero-order valence-corrected chi connectivity index (χ0v) is 14.2. The van der Waals surface area contributed by atoms with E-state index in [0.717, 1.165) is 22.7 Å². The van der Waals surface area contributed by atoms with Gasteiger partial charge in [-0.15, -0.1) is 24.5 Å². The van der Waals surface area contributed by atoms with Gasteiger partial charge < -0.3 is 10.1 Å². The molecule has 2 heterocycles. The number of ether oxygens (including phenoxy) is 1. The van der Waals surface area contributed by atoms with E-state index >= 15 is 0 Å². The fourth-order valence-electron chi connectivity index (χ4n) is 2.24. The van der Waals surface area contributed by atoms with Crippen molar-refractivity contribution in [1.29, 1.82) is 0 Å². The molecule has 3 aromatic rings. The van der Waals surface area contributed by atoms with Gasteiger partial charge in [0, 0.05) is 18.3 Å². The summed E-state index contributed by atoms with van der Waals surface area (Å²) in [5, 5.41) is 9.09. The van der Waals surface area contributed by atoms with Crippen LogP contribution in [-0.2, 0) is 6.54 Å². The highest BCUT2D eigenvalue weighted by atomic mass is 32.1. The first-order valence-electron chi connectivity index (χ1n) is 7.62. The minimum Gasteiger partial charge on any atom is -0.406 e. The van der Waals surface area contributed by atoms with Crippen LogP contribution in [0.25, 0.3) is 10.6 Å². The van der Waals surface area contributed by atoms with E-state index in [1.807, 2.05) is 29.8 Å². The second kappa shape index (κ2) is 7.61. The Labute approximate surface area is 151 Å². The van der Waals surface area contributed by atoms with Crippen LogP contribution in [-0.4, -0.2) is 28.6 Å². The molecule has 0 bridgehead atoms. The molecule has 0 aliphatic carbocycles. The van der Waals surface area contributed by atoms with Crippen LogP contribution in [0.15, 0.2) is 54.0 Å². The fraction of sp³-hybridized carbons (Fsp3) is 0.176. The average molecular weight is 381 g/mol. The molecule has 2 aromatic heterocycles. The maximum atomic E-state index is 12.1. The van der Waals surface area contributed by atoms with Gasteiger partial charge in [0.25, 0.3) is 5.91 Å². The van der Waals surface area contributed by atoms with Gasteiger partial charge in [-0.1, -0.05) is 6.07 Å². The number of halogens is 3. The number of carbonyl (C=O) groups excluding carboxylic acids is 1. The monoisotopic (exact) mass is 381 g/mol. The van der Waals surface area contributed by atoms with Gasteiger partial charge in [-0.25, -0.2) is 0 Å². The maximum absolute atomic E-state index is 12.1. The molecule has 0 aliphatic rings.